The Hall–Kier alpha value is -4.27. The van der Waals surface area contributed by atoms with Crippen LogP contribution in [-0.2, 0) is 22.6 Å². The zero-order valence-corrected chi connectivity index (χ0v) is 27.7. The maximum absolute atomic E-state index is 14.4. The molecule has 0 unspecified atom stereocenters. The molecular weight excluding hydrogens is 598 g/mol. The molecule has 248 valence electrons. The van der Waals surface area contributed by atoms with Crippen molar-refractivity contribution in [2.75, 3.05) is 39.4 Å². The molecule has 3 aliphatic heterocycles. The van der Waals surface area contributed by atoms with Gasteiger partial charge in [0.15, 0.2) is 0 Å². The highest BCUT2D eigenvalue weighted by Crippen LogP contribution is 2.46. The number of carbonyl (C=O) groups excluding carboxylic acids is 2. The van der Waals surface area contributed by atoms with Crippen LogP contribution in [0.3, 0.4) is 0 Å². The molecule has 0 radical (unpaired) electrons. The number of aromatic nitrogens is 2. The normalized spacial score (nSPS) is 19.3. The fourth-order valence-corrected chi connectivity index (χ4v) is 8.52. The fraction of sp³-hybridized carbons (Fsp3) is 0.425. The van der Waals surface area contributed by atoms with E-state index in [1.54, 1.807) is 12.4 Å². The van der Waals surface area contributed by atoms with Crippen LogP contribution in [0.15, 0.2) is 72.6 Å². The van der Waals surface area contributed by atoms with Gasteiger partial charge in [0.05, 0.1) is 25.5 Å². The zero-order chi connectivity index (χ0) is 32.5. The number of piperidine rings is 1. The van der Waals surface area contributed by atoms with E-state index in [1.807, 2.05) is 24.3 Å². The Morgan fingerprint density at radius 1 is 0.896 bits per heavy atom. The van der Waals surface area contributed by atoms with E-state index >= 15 is 0 Å². The number of fused-ring (bicyclic) bond motifs is 5. The molecule has 1 N–H and O–H groups in total. The van der Waals surface area contributed by atoms with Crippen molar-refractivity contribution in [3.05, 3.63) is 94.8 Å². The number of nitrogens with zero attached hydrogens (tertiary/aromatic N) is 4. The van der Waals surface area contributed by atoms with Crippen molar-refractivity contribution in [2.24, 2.45) is 0 Å². The number of likely N-dealkylation sites (tertiary alicyclic amines) is 1. The zero-order valence-electron chi connectivity index (χ0n) is 27.7. The largest absolute Gasteiger partial charge is 0.379 e. The molecule has 8 nitrogen and oxygen atoms in total. The first kappa shape index (κ1) is 31.0. The van der Waals surface area contributed by atoms with Crippen LogP contribution in [0.4, 0.5) is 0 Å². The first-order valence-corrected chi connectivity index (χ1v) is 17.9. The van der Waals surface area contributed by atoms with Gasteiger partial charge in [0.25, 0.3) is 11.8 Å². The lowest BCUT2D eigenvalue weighted by atomic mass is 9.81. The summed E-state index contributed by atoms with van der Waals surface area (Å²) in [6.45, 7) is 6.01. The quantitative estimate of drug-likeness (QED) is 0.263. The van der Waals surface area contributed by atoms with E-state index in [9.17, 15) is 9.59 Å². The molecule has 4 aliphatic rings. The van der Waals surface area contributed by atoms with Crippen molar-refractivity contribution in [2.45, 2.75) is 70.0 Å². The maximum Gasteiger partial charge on any atom is 0.251 e. The predicted octanol–water partition coefficient (Wildman–Crippen LogP) is 6.40. The number of ether oxygens (including phenoxy) is 1. The van der Waals surface area contributed by atoms with Crippen molar-refractivity contribution in [3.63, 3.8) is 0 Å². The number of rotatable bonds is 6. The molecule has 2 aromatic heterocycles. The van der Waals surface area contributed by atoms with Crippen molar-refractivity contribution in [3.8, 4) is 11.3 Å². The molecule has 5 heterocycles. The third-order valence-electron chi connectivity index (χ3n) is 11.0. The van der Waals surface area contributed by atoms with Crippen LogP contribution in [0.2, 0.25) is 0 Å². The van der Waals surface area contributed by atoms with E-state index in [0.29, 0.717) is 30.6 Å². The lowest BCUT2D eigenvalue weighted by Gasteiger charge is -2.40. The van der Waals surface area contributed by atoms with E-state index in [4.69, 9.17) is 4.74 Å². The standard InChI is InChI=1S/C40H45N5O3/c46-39(42-26-28-7-6-16-41-25-28)31-12-13-35-36(24-31)45-27-32(40(47)44-17-14-33(15-18-44)43-19-21-48-22-20-43)23-30-10-4-5-11-34(30)38(45)37(35)29-8-2-1-3-9-29/h4-7,10-13,16,23-25,29,33H,1-3,8-9,14-15,17-22,26-27H2,(H,42,46). The average molecular weight is 644 g/mol. The molecule has 2 aromatic carbocycles. The second kappa shape index (κ2) is 13.7. The fourth-order valence-electron chi connectivity index (χ4n) is 8.52. The van der Waals surface area contributed by atoms with Gasteiger partial charge in [-0.2, -0.15) is 0 Å². The van der Waals surface area contributed by atoms with Gasteiger partial charge in [-0.15, -0.1) is 0 Å². The number of hydrogen-bond donors (Lipinski definition) is 1. The Kier molecular flexibility index (Phi) is 8.85. The smallest absolute Gasteiger partial charge is 0.251 e. The molecule has 1 aliphatic carbocycles. The van der Waals surface area contributed by atoms with Crippen molar-refractivity contribution < 1.29 is 14.3 Å². The van der Waals surface area contributed by atoms with Crippen LogP contribution >= 0.6 is 0 Å². The minimum atomic E-state index is -0.112. The van der Waals surface area contributed by atoms with Crippen LogP contribution < -0.4 is 5.32 Å². The molecule has 8 rings (SSSR count). The Balaban J connectivity index is 1.15. The lowest BCUT2D eigenvalue weighted by Crippen LogP contribution is -2.50. The number of nitrogens with one attached hydrogen (secondary N) is 1. The Morgan fingerprint density at radius 3 is 2.50 bits per heavy atom. The number of benzene rings is 2. The second-order valence-electron chi connectivity index (χ2n) is 13.9. The van der Waals surface area contributed by atoms with E-state index in [2.05, 4.69) is 61.1 Å². The van der Waals surface area contributed by atoms with E-state index in [1.165, 1.54) is 54.3 Å². The van der Waals surface area contributed by atoms with Crippen LogP contribution in [0, 0.1) is 0 Å². The van der Waals surface area contributed by atoms with Gasteiger partial charge in [-0.3, -0.25) is 19.5 Å². The number of carbonyl (C=O) groups is 2. The summed E-state index contributed by atoms with van der Waals surface area (Å²) < 4.78 is 7.93. The molecule has 2 saturated heterocycles. The van der Waals surface area contributed by atoms with Crippen LogP contribution in [0.1, 0.15) is 77.9 Å². The number of amides is 2. The Morgan fingerprint density at radius 2 is 1.71 bits per heavy atom. The molecule has 1 saturated carbocycles. The third-order valence-corrected chi connectivity index (χ3v) is 11.0. The predicted molar refractivity (Wildman–Crippen MR) is 189 cm³/mol. The maximum atomic E-state index is 14.4. The van der Waals surface area contributed by atoms with Crippen molar-refractivity contribution in [1.29, 1.82) is 0 Å². The lowest BCUT2D eigenvalue weighted by molar-refractivity contribution is -0.129. The first-order chi connectivity index (χ1) is 23.6. The van der Waals surface area contributed by atoms with E-state index < -0.39 is 0 Å². The van der Waals surface area contributed by atoms with Crippen LogP contribution in [0.5, 0.6) is 0 Å². The monoisotopic (exact) mass is 643 g/mol. The highest BCUT2D eigenvalue weighted by Gasteiger charge is 2.33. The van der Waals surface area contributed by atoms with Crippen LogP contribution in [0.25, 0.3) is 28.2 Å². The van der Waals surface area contributed by atoms with Crippen molar-refractivity contribution >= 4 is 28.8 Å². The van der Waals surface area contributed by atoms with Gasteiger partial charge in [0, 0.05) is 78.8 Å². The summed E-state index contributed by atoms with van der Waals surface area (Å²) in [7, 11) is 0. The summed E-state index contributed by atoms with van der Waals surface area (Å²) in [5, 5.41) is 4.29. The molecule has 0 atom stereocenters. The van der Waals surface area contributed by atoms with Gasteiger partial charge in [-0.1, -0.05) is 55.7 Å². The summed E-state index contributed by atoms with van der Waals surface area (Å²) >= 11 is 0. The SMILES string of the molecule is O=C(NCc1cccnc1)c1ccc2c(C3CCCCC3)c3n(c2c1)CC(C(=O)N1CCC(N2CCOCC2)CC1)=Cc1ccccc1-3. The van der Waals surface area contributed by atoms with E-state index in [0.717, 1.165) is 74.5 Å². The van der Waals surface area contributed by atoms with E-state index in [-0.39, 0.29) is 11.8 Å². The number of hydrogen-bond acceptors (Lipinski definition) is 5. The first-order valence-electron chi connectivity index (χ1n) is 17.9. The third kappa shape index (κ3) is 6.08. The minimum Gasteiger partial charge on any atom is -0.379 e. The molecule has 2 amide bonds. The second-order valence-corrected chi connectivity index (χ2v) is 13.9. The van der Waals surface area contributed by atoms with Gasteiger partial charge < -0.3 is 19.5 Å². The molecule has 8 heteroatoms. The Bertz CT molecular complexity index is 1830. The molecule has 4 aromatic rings. The van der Waals surface area contributed by atoms with Gasteiger partial charge in [-0.25, -0.2) is 0 Å². The summed E-state index contributed by atoms with van der Waals surface area (Å²) in [5.74, 6) is 0.469. The minimum absolute atomic E-state index is 0.112. The van der Waals surface area contributed by atoms with Gasteiger partial charge >= 0.3 is 0 Å². The Labute approximate surface area is 282 Å². The summed E-state index contributed by atoms with van der Waals surface area (Å²) in [6.07, 6.45) is 13.7. The molecule has 3 fully saturated rings. The number of pyridine rings is 1. The molecule has 0 bridgehead atoms. The van der Waals surface area contributed by atoms with Gasteiger partial charge in [-0.05, 0) is 72.6 Å². The highest BCUT2D eigenvalue weighted by atomic mass is 16.5. The number of morpholine rings is 1. The highest BCUT2D eigenvalue weighted by molar-refractivity contribution is 6.04. The molecule has 48 heavy (non-hydrogen) atoms. The molecular formula is C40H45N5O3. The van der Waals surface area contributed by atoms with Crippen molar-refractivity contribution in [1.82, 2.24) is 24.7 Å². The van der Waals surface area contributed by atoms with Gasteiger partial charge in [0.1, 0.15) is 0 Å². The van der Waals surface area contributed by atoms with Gasteiger partial charge in [0.2, 0.25) is 0 Å². The summed E-state index contributed by atoms with van der Waals surface area (Å²) in [6, 6.07) is 19.1. The average Bonchev–Trinajstić information content (AvgIpc) is 3.37. The summed E-state index contributed by atoms with van der Waals surface area (Å²) in [4.78, 5) is 36.7. The summed E-state index contributed by atoms with van der Waals surface area (Å²) in [5.41, 5.74) is 8.29. The topological polar surface area (TPSA) is 79.7 Å². The molecule has 0 spiro atoms. The van der Waals surface area contributed by atoms with Crippen LogP contribution in [-0.4, -0.2) is 76.6 Å².